The molecule has 24 heavy (non-hydrogen) atoms. The second kappa shape index (κ2) is 5.05. The highest BCUT2D eigenvalue weighted by Gasteiger charge is 2.17. The molecule has 0 aliphatic heterocycles. The van der Waals surface area contributed by atoms with Gasteiger partial charge in [-0.2, -0.15) is 0 Å². The van der Waals surface area contributed by atoms with Gasteiger partial charge in [0.2, 0.25) is 5.28 Å². The first-order chi connectivity index (χ1) is 11.8. The van der Waals surface area contributed by atoms with Gasteiger partial charge in [-0.1, -0.05) is 54.6 Å². The molecule has 0 unspecified atom stereocenters. The summed E-state index contributed by atoms with van der Waals surface area (Å²) in [5.74, 6) is 0. The summed E-state index contributed by atoms with van der Waals surface area (Å²) in [7, 11) is 0. The van der Waals surface area contributed by atoms with Gasteiger partial charge in [-0.05, 0) is 34.5 Å². The summed E-state index contributed by atoms with van der Waals surface area (Å²) < 4.78 is 6.12. The molecule has 3 aromatic carbocycles. The van der Waals surface area contributed by atoms with Crippen molar-refractivity contribution in [3.8, 4) is 11.3 Å². The van der Waals surface area contributed by atoms with Crippen molar-refractivity contribution in [1.29, 1.82) is 0 Å². The van der Waals surface area contributed by atoms with Gasteiger partial charge in [-0.15, -0.1) is 0 Å². The van der Waals surface area contributed by atoms with Crippen LogP contribution >= 0.6 is 11.6 Å². The van der Waals surface area contributed by atoms with Crippen LogP contribution in [0.5, 0.6) is 0 Å². The van der Waals surface area contributed by atoms with Crippen molar-refractivity contribution in [2.75, 3.05) is 0 Å². The molecular formula is C20H11ClN2O. The van der Waals surface area contributed by atoms with Crippen LogP contribution in [0.15, 0.2) is 71.1 Å². The Labute approximate surface area is 142 Å². The third-order valence-corrected chi connectivity index (χ3v) is 4.37. The third-order valence-electron chi connectivity index (χ3n) is 4.20. The zero-order valence-corrected chi connectivity index (χ0v) is 13.3. The van der Waals surface area contributed by atoms with Crippen molar-refractivity contribution in [3.63, 3.8) is 0 Å². The largest absolute Gasteiger partial charge is 0.452 e. The van der Waals surface area contributed by atoms with Crippen molar-refractivity contribution in [1.82, 2.24) is 9.97 Å². The molecule has 0 saturated heterocycles. The van der Waals surface area contributed by atoms with Crippen LogP contribution < -0.4 is 0 Å². The molecular weight excluding hydrogens is 320 g/mol. The molecule has 0 spiro atoms. The maximum atomic E-state index is 6.19. The molecule has 2 aromatic heterocycles. The van der Waals surface area contributed by atoms with Gasteiger partial charge in [0.15, 0.2) is 5.58 Å². The van der Waals surface area contributed by atoms with Crippen LogP contribution in [0.25, 0.3) is 44.1 Å². The van der Waals surface area contributed by atoms with Gasteiger partial charge < -0.3 is 4.42 Å². The van der Waals surface area contributed by atoms with Crippen molar-refractivity contribution in [2.24, 2.45) is 0 Å². The molecule has 0 fully saturated rings. The number of halogens is 1. The van der Waals surface area contributed by atoms with Gasteiger partial charge in [-0.3, -0.25) is 0 Å². The van der Waals surface area contributed by atoms with E-state index in [2.05, 4.69) is 28.2 Å². The molecule has 5 rings (SSSR count). The van der Waals surface area contributed by atoms with Crippen LogP contribution in [-0.2, 0) is 0 Å². The second-order valence-electron chi connectivity index (χ2n) is 5.68. The summed E-state index contributed by atoms with van der Waals surface area (Å²) in [5.41, 5.74) is 3.87. The van der Waals surface area contributed by atoms with Crippen LogP contribution in [0.3, 0.4) is 0 Å². The Balaban J connectivity index is 1.93. The van der Waals surface area contributed by atoms with Crippen molar-refractivity contribution < 1.29 is 4.42 Å². The fourth-order valence-corrected chi connectivity index (χ4v) is 3.26. The minimum atomic E-state index is 0.220. The number of furan rings is 1. The molecule has 114 valence electrons. The number of fused-ring (bicyclic) bond motifs is 4. The SMILES string of the molecule is Clc1nc(-c2ccccc2)c2oc3cc4ccccc4cc3c2n1. The predicted molar refractivity (Wildman–Crippen MR) is 97.3 cm³/mol. The smallest absolute Gasteiger partial charge is 0.223 e. The number of nitrogens with zero attached hydrogens (tertiary/aromatic N) is 2. The van der Waals surface area contributed by atoms with Crippen LogP contribution in [0.2, 0.25) is 5.28 Å². The Morgan fingerprint density at radius 3 is 2.29 bits per heavy atom. The third kappa shape index (κ3) is 1.99. The Bertz CT molecular complexity index is 1210. The Morgan fingerprint density at radius 1 is 0.792 bits per heavy atom. The van der Waals surface area contributed by atoms with E-state index in [4.69, 9.17) is 16.0 Å². The summed E-state index contributed by atoms with van der Waals surface area (Å²) in [6, 6.07) is 22.2. The van der Waals surface area contributed by atoms with Gasteiger partial charge in [0.25, 0.3) is 0 Å². The number of benzene rings is 3. The van der Waals surface area contributed by atoms with Crippen LogP contribution in [0.4, 0.5) is 0 Å². The molecule has 4 heteroatoms. The molecule has 0 N–H and O–H groups in total. The standard InChI is InChI=1S/C20H11ClN2O/c21-20-22-17(12-6-2-1-3-7-12)19-18(23-20)15-10-13-8-4-5-9-14(13)11-16(15)24-19/h1-11H. The van der Waals surface area contributed by atoms with E-state index >= 15 is 0 Å². The average molecular weight is 331 g/mol. The lowest BCUT2D eigenvalue weighted by Gasteiger charge is -2.01. The molecule has 0 radical (unpaired) electrons. The first kappa shape index (κ1) is 13.5. The predicted octanol–water partition coefficient (Wildman–Crippen LogP) is 5.85. The first-order valence-electron chi connectivity index (χ1n) is 7.63. The minimum Gasteiger partial charge on any atom is -0.452 e. The van der Waals surface area contributed by atoms with Crippen molar-refractivity contribution >= 4 is 44.4 Å². The van der Waals surface area contributed by atoms with Crippen molar-refractivity contribution in [2.45, 2.75) is 0 Å². The molecule has 0 bridgehead atoms. The van der Waals surface area contributed by atoms with Gasteiger partial charge in [-0.25, -0.2) is 9.97 Å². The molecule has 0 aliphatic rings. The van der Waals surface area contributed by atoms with Crippen LogP contribution in [0, 0.1) is 0 Å². The van der Waals surface area contributed by atoms with Gasteiger partial charge in [0.1, 0.15) is 16.8 Å². The molecule has 0 atom stereocenters. The monoisotopic (exact) mass is 330 g/mol. The molecule has 5 aromatic rings. The second-order valence-corrected chi connectivity index (χ2v) is 6.02. The van der Waals surface area contributed by atoms with E-state index in [1.165, 1.54) is 0 Å². The Morgan fingerprint density at radius 2 is 1.50 bits per heavy atom. The zero-order valence-electron chi connectivity index (χ0n) is 12.5. The highest BCUT2D eigenvalue weighted by atomic mass is 35.5. The van der Waals surface area contributed by atoms with Gasteiger partial charge in [0.05, 0.1) is 0 Å². The summed E-state index contributed by atoms with van der Waals surface area (Å²) in [4.78, 5) is 8.81. The van der Waals surface area contributed by atoms with Crippen LogP contribution in [-0.4, -0.2) is 9.97 Å². The fraction of sp³-hybridized carbons (Fsp3) is 0. The summed E-state index contributed by atoms with van der Waals surface area (Å²) in [5, 5.41) is 3.44. The van der Waals surface area contributed by atoms with E-state index < -0.39 is 0 Å². The Kier molecular flexibility index (Phi) is 2.84. The van der Waals surface area contributed by atoms with Crippen molar-refractivity contribution in [3.05, 3.63) is 72.0 Å². The number of rotatable bonds is 1. The van der Waals surface area contributed by atoms with E-state index in [9.17, 15) is 0 Å². The average Bonchev–Trinajstić information content (AvgIpc) is 2.97. The lowest BCUT2D eigenvalue weighted by molar-refractivity contribution is 0.667. The van der Waals surface area contributed by atoms with Gasteiger partial charge >= 0.3 is 0 Å². The lowest BCUT2D eigenvalue weighted by atomic mass is 10.1. The van der Waals surface area contributed by atoms with E-state index in [-0.39, 0.29) is 5.28 Å². The van der Waals surface area contributed by atoms with E-state index in [1.807, 2.05) is 48.5 Å². The number of hydrogen-bond acceptors (Lipinski definition) is 3. The first-order valence-corrected chi connectivity index (χ1v) is 8.01. The normalized spacial score (nSPS) is 11.5. The molecule has 2 heterocycles. The molecule has 0 amide bonds. The highest BCUT2D eigenvalue weighted by molar-refractivity contribution is 6.29. The molecule has 0 aliphatic carbocycles. The summed E-state index contributed by atoms with van der Waals surface area (Å²) >= 11 is 6.19. The summed E-state index contributed by atoms with van der Waals surface area (Å²) in [6.07, 6.45) is 0. The quantitative estimate of drug-likeness (QED) is 0.362. The summed E-state index contributed by atoms with van der Waals surface area (Å²) in [6.45, 7) is 0. The minimum absolute atomic E-state index is 0.220. The fourth-order valence-electron chi connectivity index (χ4n) is 3.09. The topological polar surface area (TPSA) is 38.9 Å². The maximum Gasteiger partial charge on any atom is 0.223 e. The van der Waals surface area contributed by atoms with E-state index in [0.717, 1.165) is 32.8 Å². The van der Waals surface area contributed by atoms with E-state index in [1.54, 1.807) is 0 Å². The highest BCUT2D eigenvalue weighted by Crippen LogP contribution is 2.36. The maximum absolute atomic E-state index is 6.19. The van der Waals surface area contributed by atoms with Gasteiger partial charge in [0, 0.05) is 10.9 Å². The zero-order chi connectivity index (χ0) is 16.1. The number of hydrogen-bond donors (Lipinski definition) is 0. The van der Waals surface area contributed by atoms with Crippen LogP contribution in [0.1, 0.15) is 0 Å². The van der Waals surface area contributed by atoms with E-state index in [0.29, 0.717) is 11.3 Å². The molecule has 0 saturated carbocycles. The lowest BCUT2D eigenvalue weighted by Crippen LogP contribution is -1.88. The Hall–Kier alpha value is -2.91. The molecule has 3 nitrogen and oxygen atoms in total. The number of aromatic nitrogens is 2.